The third-order valence-corrected chi connectivity index (χ3v) is 4.84. The van der Waals surface area contributed by atoms with Crippen molar-refractivity contribution in [2.45, 2.75) is 46.0 Å². The minimum Gasteiger partial charge on any atom is -0.476 e. The molecule has 4 heteroatoms. The molecule has 0 radical (unpaired) electrons. The molecule has 1 heterocycles. The second-order valence-electron chi connectivity index (χ2n) is 6.53. The van der Waals surface area contributed by atoms with E-state index < -0.39 is 5.97 Å². The van der Waals surface area contributed by atoms with Crippen molar-refractivity contribution in [3.05, 3.63) is 40.5 Å². The standard InChI is InChI=1S/C17H21NO2S/c1-10(2)11-6-8-12(9-7-11)14-13(15(19)20)18-16(21-14)17(3,4)5/h6-10H,1-5H3,(H,19,20). The fourth-order valence-electron chi connectivity index (χ4n) is 2.00. The Balaban J connectivity index is 2.52. The van der Waals surface area contributed by atoms with Crippen molar-refractivity contribution >= 4 is 17.3 Å². The number of hydrogen-bond acceptors (Lipinski definition) is 3. The first kappa shape index (κ1) is 15.7. The molecule has 2 rings (SSSR count). The monoisotopic (exact) mass is 303 g/mol. The first-order chi connectivity index (χ1) is 9.70. The van der Waals surface area contributed by atoms with Gasteiger partial charge in [0.25, 0.3) is 0 Å². The Kier molecular flexibility index (Phi) is 4.19. The van der Waals surface area contributed by atoms with E-state index in [2.05, 4.69) is 31.0 Å². The molecule has 1 N–H and O–H groups in total. The van der Waals surface area contributed by atoms with Crippen molar-refractivity contribution in [2.75, 3.05) is 0 Å². The molecular weight excluding hydrogens is 282 g/mol. The lowest BCUT2D eigenvalue weighted by molar-refractivity contribution is 0.0692. The number of carboxylic acids is 1. The van der Waals surface area contributed by atoms with Gasteiger partial charge in [0, 0.05) is 5.41 Å². The maximum atomic E-state index is 11.5. The van der Waals surface area contributed by atoms with Crippen LogP contribution in [0, 0.1) is 0 Å². The van der Waals surface area contributed by atoms with Crippen molar-refractivity contribution in [2.24, 2.45) is 0 Å². The molecular formula is C17H21NO2S. The average Bonchev–Trinajstić information content (AvgIpc) is 2.83. The number of benzene rings is 1. The Hall–Kier alpha value is -1.68. The minimum atomic E-state index is -0.968. The molecule has 0 saturated carbocycles. The predicted octanol–water partition coefficient (Wildman–Crippen LogP) is 4.93. The van der Waals surface area contributed by atoms with Crippen LogP contribution in [0.3, 0.4) is 0 Å². The van der Waals surface area contributed by atoms with Gasteiger partial charge < -0.3 is 5.11 Å². The molecule has 0 amide bonds. The molecule has 0 saturated heterocycles. The van der Waals surface area contributed by atoms with Gasteiger partial charge in [0.1, 0.15) is 0 Å². The lowest BCUT2D eigenvalue weighted by Gasteiger charge is -2.13. The Morgan fingerprint density at radius 3 is 2.19 bits per heavy atom. The first-order valence-electron chi connectivity index (χ1n) is 7.05. The van der Waals surface area contributed by atoms with Crippen molar-refractivity contribution in [1.29, 1.82) is 0 Å². The van der Waals surface area contributed by atoms with Crippen LogP contribution in [0.1, 0.15) is 61.6 Å². The SMILES string of the molecule is CC(C)c1ccc(-c2sc(C(C)(C)C)nc2C(=O)O)cc1. The van der Waals surface area contributed by atoms with Crippen LogP contribution in [0.2, 0.25) is 0 Å². The quantitative estimate of drug-likeness (QED) is 0.874. The number of aromatic nitrogens is 1. The summed E-state index contributed by atoms with van der Waals surface area (Å²) in [6.45, 7) is 10.4. The molecule has 1 aromatic heterocycles. The summed E-state index contributed by atoms with van der Waals surface area (Å²) in [7, 11) is 0. The number of rotatable bonds is 3. The third-order valence-electron chi connectivity index (χ3n) is 3.31. The molecule has 0 fully saturated rings. The molecule has 1 aromatic carbocycles. The van der Waals surface area contributed by atoms with Crippen molar-refractivity contribution in [1.82, 2.24) is 4.98 Å². The van der Waals surface area contributed by atoms with E-state index in [-0.39, 0.29) is 11.1 Å². The molecule has 0 spiro atoms. The van der Waals surface area contributed by atoms with Crippen LogP contribution in [0.5, 0.6) is 0 Å². The van der Waals surface area contributed by atoms with Crippen LogP contribution in [0.15, 0.2) is 24.3 Å². The second kappa shape index (κ2) is 5.60. The van der Waals surface area contributed by atoms with E-state index in [0.29, 0.717) is 5.92 Å². The Bertz CT molecular complexity index is 648. The number of nitrogens with zero attached hydrogens (tertiary/aromatic N) is 1. The number of thiazole rings is 1. The molecule has 0 aliphatic heterocycles. The van der Waals surface area contributed by atoms with Gasteiger partial charge >= 0.3 is 5.97 Å². The van der Waals surface area contributed by atoms with Crippen molar-refractivity contribution in [3.63, 3.8) is 0 Å². The van der Waals surface area contributed by atoms with E-state index in [4.69, 9.17) is 0 Å². The molecule has 0 bridgehead atoms. The van der Waals surface area contributed by atoms with Gasteiger partial charge in [0.2, 0.25) is 0 Å². The number of carbonyl (C=O) groups is 1. The summed E-state index contributed by atoms with van der Waals surface area (Å²) in [5.41, 5.74) is 2.17. The number of aromatic carboxylic acids is 1. The summed E-state index contributed by atoms with van der Waals surface area (Å²) in [4.78, 5) is 16.5. The topological polar surface area (TPSA) is 50.2 Å². The molecule has 21 heavy (non-hydrogen) atoms. The van der Waals surface area contributed by atoms with Gasteiger partial charge in [-0.2, -0.15) is 0 Å². The zero-order valence-electron chi connectivity index (χ0n) is 13.1. The highest BCUT2D eigenvalue weighted by Gasteiger charge is 2.25. The maximum absolute atomic E-state index is 11.5. The largest absolute Gasteiger partial charge is 0.476 e. The van der Waals surface area contributed by atoms with Crippen LogP contribution in [-0.2, 0) is 5.41 Å². The first-order valence-corrected chi connectivity index (χ1v) is 7.86. The smallest absolute Gasteiger partial charge is 0.356 e. The van der Waals surface area contributed by atoms with Crippen molar-refractivity contribution in [3.8, 4) is 10.4 Å². The van der Waals surface area contributed by atoms with E-state index in [1.807, 2.05) is 32.9 Å². The lowest BCUT2D eigenvalue weighted by atomic mass is 9.98. The molecule has 0 aliphatic rings. The summed E-state index contributed by atoms with van der Waals surface area (Å²) in [5, 5.41) is 10.2. The van der Waals surface area contributed by atoms with E-state index in [1.165, 1.54) is 16.9 Å². The Morgan fingerprint density at radius 1 is 1.19 bits per heavy atom. The Labute approximate surface area is 129 Å². The molecule has 0 unspecified atom stereocenters. The highest BCUT2D eigenvalue weighted by molar-refractivity contribution is 7.15. The Morgan fingerprint density at radius 2 is 1.76 bits per heavy atom. The van der Waals surface area contributed by atoms with Gasteiger partial charge in [0.15, 0.2) is 5.69 Å². The summed E-state index contributed by atoms with van der Waals surface area (Å²) in [6.07, 6.45) is 0. The van der Waals surface area contributed by atoms with Gasteiger partial charge in [-0.05, 0) is 17.0 Å². The molecule has 2 aromatic rings. The zero-order chi connectivity index (χ0) is 15.8. The highest BCUT2D eigenvalue weighted by atomic mass is 32.1. The van der Waals surface area contributed by atoms with Gasteiger partial charge in [0.05, 0.1) is 9.88 Å². The second-order valence-corrected chi connectivity index (χ2v) is 7.53. The minimum absolute atomic E-state index is 0.148. The van der Waals surface area contributed by atoms with Gasteiger partial charge in [-0.1, -0.05) is 58.9 Å². The van der Waals surface area contributed by atoms with Gasteiger partial charge in [-0.15, -0.1) is 11.3 Å². The van der Waals surface area contributed by atoms with E-state index >= 15 is 0 Å². The summed E-state index contributed by atoms with van der Waals surface area (Å²) in [5.74, 6) is -0.505. The maximum Gasteiger partial charge on any atom is 0.356 e. The third kappa shape index (κ3) is 3.32. The average molecular weight is 303 g/mol. The van der Waals surface area contributed by atoms with Gasteiger partial charge in [-0.3, -0.25) is 0 Å². The predicted molar refractivity (Wildman–Crippen MR) is 87.3 cm³/mol. The van der Waals surface area contributed by atoms with Crippen LogP contribution in [0.4, 0.5) is 0 Å². The normalized spacial score (nSPS) is 11.9. The summed E-state index contributed by atoms with van der Waals surface area (Å²) < 4.78 is 0. The fraction of sp³-hybridized carbons (Fsp3) is 0.412. The van der Waals surface area contributed by atoms with Crippen LogP contribution in [0.25, 0.3) is 10.4 Å². The van der Waals surface area contributed by atoms with E-state index in [1.54, 1.807) is 0 Å². The number of carboxylic acid groups (broad SMARTS) is 1. The summed E-state index contributed by atoms with van der Waals surface area (Å²) >= 11 is 1.47. The molecule has 3 nitrogen and oxygen atoms in total. The van der Waals surface area contributed by atoms with Crippen molar-refractivity contribution < 1.29 is 9.90 Å². The highest BCUT2D eigenvalue weighted by Crippen LogP contribution is 2.36. The number of hydrogen-bond donors (Lipinski definition) is 1. The lowest BCUT2D eigenvalue weighted by Crippen LogP contribution is -2.11. The van der Waals surface area contributed by atoms with E-state index in [0.717, 1.165) is 15.4 Å². The molecule has 0 aliphatic carbocycles. The fourth-order valence-corrected chi connectivity index (χ4v) is 3.12. The van der Waals surface area contributed by atoms with E-state index in [9.17, 15) is 9.90 Å². The van der Waals surface area contributed by atoms with Gasteiger partial charge in [-0.25, -0.2) is 9.78 Å². The summed E-state index contributed by atoms with van der Waals surface area (Å²) in [6, 6.07) is 8.09. The molecule has 112 valence electrons. The molecule has 0 atom stereocenters. The zero-order valence-corrected chi connectivity index (χ0v) is 13.9. The van der Waals surface area contributed by atoms with Crippen LogP contribution in [-0.4, -0.2) is 16.1 Å². The van der Waals surface area contributed by atoms with Crippen LogP contribution >= 0.6 is 11.3 Å². The van der Waals surface area contributed by atoms with Crippen LogP contribution < -0.4 is 0 Å².